The lowest BCUT2D eigenvalue weighted by atomic mass is 9.44. The normalized spacial score (nSPS) is 50.0. The van der Waals surface area contributed by atoms with E-state index in [4.69, 9.17) is 4.74 Å². The second-order valence-corrected chi connectivity index (χ2v) is 15.2. The average molecular weight is 516 g/mol. The van der Waals surface area contributed by atoms with Gasteiger partial charge in [0.25, 0.3) is 0 Å². The molecule has 1 N–H and O–H groups in total. The van der Waals surface area contributed by atoms with Crippen molar-refractivity contribution in [3.63, 3.8) is 0 Å². The van der Waals surface area contributed by atoms with E-state index < -0.39 is 0 Å². The average Bonchev–Trinajstić information content (AvgIpc) is 3.17. The van der Waals surface area contributed by atoms with Crippen molar-refractivity contribution in [1.82, 2.24) is 4.90 Å². The van der Waals surface area contributed by atoms with Crippen LogP contribution < -0.4 is 0 Å². The molecule has 2 aliphatic heterocycles. The van der Waals surface area contributed by atoms with Crippen LogP contribution in [0.25, 0.3) is 0 Å². The van der Waals surface area contributed by atoms with E-state index in [0.29, 0.717) is 29.3 Å². The maximum Gasteiger partial charge on any atom is 0.303 e. The number of quaternary nitrogens is 1. The van der Waals surface area contributed by atoms with Crippen LogP contribution >= 0.6 is 0 Å². The SMILES string of the molecule is CC(=O)OC1C([N+]2(C)CCCCC2)CC2C3CCC4CC(O)C(N5CCCCC5)C[C@]4(C)C3CC[C@@]21C. The van der Waals surface area contributed by atoms with Gasteiger partial charge in [-0.2, -0.15) is 0 Å². The van der Waals surface area contributed by atoms with E-state index in [9.17, 15) is 9.90 Å². The fourth-order valence-corrected chi connectivity index (χ4v) is 11.4. The zero-order valence-corrected chi connectivity index (χ0v) is 24.3. The Bertz CT molecular complexity index is 851. The third-order valence-corrected chi connectivity index (χ3v) is 13.4. The second-order valence-electron chi connectivity index (χ2n) is 15.2. The van der Waals surface area contributed by atoms with Gasteiger partial charge < -0.3 is 14.3 Å². The fourth-order valence-electron chi connectivity index (χ4n) is 11.4. The Labute approximate surface area is 226 Å². The van der Waals surface area contributed by atoms with E-state index in [0.717, 1.165) is 22.7 Å². The molecule has 0 bridgehead atoms. The van der Waals surface area contributed by atoms with E-state index in [-0.39, 0.29) is 23.6 Å². The van der Waals surface area contributed by atoms with Crippen LogP contribution in [0.5, 0.6) is 0 Å². The molecule has 2 heterocycles. The van der Waals surface area contributed by atoms with Crippen molar-refractivity contribution in [2.45, 2.75) is 129 Å². The summed E-state index contributed by atoms with van der Waals surface area (Å²) in [6, 6.07) is 0.814. The lowest BCUT2D eigenvalue weighted by Crippen LogP contribution is -2.61. The van der Waals surface area contributed by atoms with Gasteiger partial charge in [0.1, 0.15) is 6.04 Å². The van der Waals surface area contributed by atoms with Crippen LogP contribution in [0.3, 0.4) is 0 Å². The Balaban J connectivity index is 1.28. The van der Waals surface area contributed by atoms with Crippen LogP contribution in [-0.2, 0) is 9.53 Å². The van der Waals surface area contributed by atoms with E-state index in [1.165, 1.54) is 103 Å². The standard InChI is InChI=1S/C32H55N2O3/c1-22(35)37-30-28(34(4)17-9-6-10-18-34)20-26-24-12-11-23-19-29(36)27(33-15-7-5-8-16-33)21-32(23,3)25(24)13-14-31(26,30)2/h23-30,36H,5-21H2,1-4H3/q+1/t23?,24?,25?,26?,27?,28?,29?,30?,31-,32-/m0/s1. The summed E-state index contributed by atoms with van der Waals surface area (Å²) in [5, 5.41) is 11.3. The van der Waals surface area contributed by atoms with Crippen molar-refractivity contribution in [2.75, 3.05) is 33.2 Å². The molecule has 8 unspecified atom stereocenters. The molecule has 0 aromatic carbocycles. The summed E-state index contributed by atoms with van der Waals surface area (Å²) >= 11 is 0. The molecule has 0 spiro atoms. The Morgan fingerprint density at radius 3 is 2.32 bits per heavy atom. The number of aliphatic hydroxyl groups is 1. The third-order valence-electron chi connectivity index (χ3n) is 13.4. The quantitative estimate of drug-likeness (QED) is 0.404. The number of carbonyl (C=O) groups excluding carboxylic acids is 1. The molecule has 6 fully saturated rings. The number of hydrogen-bond donors (Lipinski definition) is 1. The predicted octanol–water partition coefficient (Wildman–Crippen LogP) is 5.40. The first-order valence-electron chi connectivity index (χ1n) is 16.1. The van der Waals surface area contributed by atoms with E-state index in [2.05, 4.69) is 25.8 Å². The Hall–Kier alpha value is -0.650. The number of esters is 1. The number of aliphatic hydroxyl groups excluding tert-OH is 1. The second kappa shape index (κ2) is 9.77. The van der Waals surface area contributed by atoms with Crippen molar-refractivity contribution in [1.29, 1.82) is 0 Å². The van der Waals surface area contributed by atoms with Gasteiger partial charge in [0, 0.05) is 24.8 Å². The summed E-state index contributed by atoms with van der Waals surface area (Å²) < 4.78 is 7.46. The van der Waals surface area contributed by atoms with Crippen LogP contribution in [0.2, 0.25) is 0 Å². The first-order chi connectivity index (χ1) is 17.7. The van der Waals surface area contributed by atoms with Gasteiger partial charge in [-0.3, -0.25) is 9.69 Å². The van der Waals surface area contributed by atoms with Crippen LogP contribution in [-0.4, -0.2) is 78.0 Å². The van der Waals surface area contributed by atoms with Gasteiger partial charge in [0.05, 0.1) is 26.2 Å². The van der Waals surface area contributed by atoms with Gasteiger partial charge in [-0.1, -0.05) is 20.3 Å². The molecule has 5 nitrogen and oxygen atoms in total. The predicted molar refractivity (Wildman–Crippen MR) is 147 cm³/mol. The number of likely N-dealkylation sites (tertiary alicyclic amines) is 2. The highest BCUT2D eigenvalue weighted by atomic mass is 16.5. The topological polar surface area (TPSA) is 49.8 Å². The molecule has 0 radical (unpaired) electrons. The molecule has 210 valence electrons. The molecule has 6 rings (SSSR count). The summed E-state index contributed by atoms with van der Waals surface area (Å²) in [6.07, 6.45) is 16.4. The number of likely N-dealkylation sites (N-methyl/N-ethyl adjacent to an activating group) is 1. The van der Waals surface area contributed by atoms with Crippen molar-refractivity contribution in [2.24, 2.45) is 34.5 Å². The zero-order valence-electron chi connectivity index (χ0n) is 24.3. The molecular formula is C32H55N2O3+. The number of hydrogen-bond acceptors (Lipinski definition) is 4. The number of nitrogens with zero attached hydrogens (tertiary/aromatic N) is 2. The number of piperidine rings is 2. The van der Waals surface area contributed by atoms with Crippen LogP contribution in [0.15, 0.2) is 0 Å². The van der Waals surface area contributed by atoms with Crippen molar-refractivity contribution >= 4 is 5.97 Å². The van der Waals surface area contributed by atoms with Gasteiger partial charge >= 0.3 is 5.97 Å². The van der Waals surface area contributed by atoms with Gasteiger partial charge in [-0.25, -0.2) is 0 Å². The Kier molecular flexibility index (Phi) is 7.01. The molecule has 10 atom stereocenters. The zero-order chi connectivity index (χ0) is 26.0. The largest absolute Gasteiger partial charge is 0.456 e. The molecule has 4 aliphatic carbocycles. The molecule has 37 heavy (non-hydrogen) atoms. The lowest BCUT2D eigenvalue weighted by molar-refractivity contribution is -0.940. The highest BCUT2D eigenvalue weighted by Gasteiger charge is 2.67. The maximum atomic E-state index is 12.4. The minimum absolute atomic E-state index is 0.0684. The first-order valence-corrected chi connectivity index (χ1v) is 16.1. The Morgan fingerprint density at radius 2 is 1.62 bits per heavy atom. The summed E-state index contributed by atoms with van der Waals surface area (Å²) in [7, 11) is 2.47. The Morgan fingerprint density at radius 1 is 0.919 bits per heavy atom. The lowest BCUT2D eigenvalue weighted by Gasteiger charge is -2.62. The van der Waals surface area contributed by atoms with Gasteiger partial charge in [-0.15, -0.1) is 0 Å². The molecule has 0 amide bonds. The van der Waals surface area contributed by atoms with E-state index in [1.807, 2.05) is 0 Å². The fraction of sp³-hybridized carbons (Fsp3) is 0.969. The minimum atomic E-state index is -0.144. The molecular weight excluding hydrogens is 460 g/mol. The third kappa shape index (κ3) is 4.32. The van der Waals surface area contributed by atoms with Crippen LogP contribution in [0.1, 0.15) is 104 Å². The maximum absolute atomic E-state index is 12.4. The van der Waals surface area contributed by atoms with Gasteiger partial charge in [0.15, 0.2) is 6.10 Å². The number of rotatable bonds is 3. The monoisotopic (exact) mass is 515 g/mol. The highest BCUT2D eigenvalue weighted by Crippen LogP contribution is 2.67. The molecule has 0 aromatic heterocycles. The molecule has 6 aliphatic rings. The minimum Gasteiger partial charge on any atom is -0.456 e. The summed E-state index contributed by atoms with van der Waals surface area (Å²) in [5.41, 5.74) is 0.448. The highest BCUT2D eigenvalue weighted by molar-refractivity contribution is 5.66. The number of fused-ring (bicyclic) bond motifs is 5. The first kappa shape index (κ1) is 26.6. The van der Waals surface area contributed by atoms with Crippen molar-refractivity contribution in [3.8, 4) is 0 Å². The summed E-state index contributed by atoms with van der Waals surface area (Å²) in [6.45, 7) is 11.6. The van der Waals surface area contributed by atoms with Crippen molar-refractivity contribution < 1.29 is 19.1 Å². The van der Waals surface area contributed by atoms with E-state index in [1.54, 1.807) is 6.92 Å². The summed E-state index contributed by atoms with van der Waals surface area (Å²) in [4.78, 5) is 15.1. The summed E-state index contributed by atoms with van der Waals surface area (Å²) in [5.74, 6) is 2.76. The van der Waals surface area contributed by atoms with Gasteiger partial charge in [0.2, 0.25) is 0 Å². The smallest absolute Gasteiger partial charge is 0.303 e. The number of ether oxygens (including phenoxy) is 1. The molecule has 4 saturated carbocycles. The van der Waals surface area contributed by atoms with Crippen molar-refractivity contribution in [3.05, 3.63) is 0 Å². The van der Waals surface area contributed by atoms with E-state index >= 15 is 0 Å². The van der Waals surface area contributed by atoms with Crippen LogP contribution in [0.4, 0.5) is 0 Å². The number of carbonyl (C=O) groups is 1. The molecule has 0 aromatic rings. The van der Waals surface area contributed by atoms with Gasteiger partial charge in [-0.05, 0) is 113 Å². The molecule has 5 heteroatoms. The van der Waals surface area contributed by atoms with Crippen LogP contribution in [0, 0.1) is 34.5 Å². The molecule has 2 saturated heterocycles.